The minimum absolute atomic E-state index is 0.201. The molecule has 3 heteroatoms. The molecule has 0 radical (unpaired) electrons. The third-order valence-corrected chi connectivity index (χ3v) is 3.92. The van der Waals surface area contributed by atoms with E-state index in [2.05, 4.69) is 29.8 Å². The van der Waals surface area contributed by atoms with E-state index in [0.717, 1.165) is 31.3 Å². The quantitative estimate of drug-likeness (QED) is 0.702. The average Bonchev–Trinajstić information content (AvgIpc) is 2.09. The van der Waals surface area contributed by atoms with E-state index in [1.54, 1.807) is 0 Å². The van der Waals surface area contributed by atoms with Gasteiger partial charge >= 0.3 is 0 Å². The van der Waals surface area contributed by atoms with Crippen LogP contribution in [0, 0.1) is 5.41 Å². The van der Waals surface area contributed by atoms with E-state index in [0.29, 0.717) is 5.91 Å². The van der Waals surface area contributed by atoms with Gasteiger partial charge in [0.05, 0.1) is 0 Å². The SMILES string of the molecule is CC(C)(CBr)CN1CCCCC1=O. The lowest BCUT2D eigenvalue weighted by Gasteiger charge is -2.33. The fourth-order valence-corrected chi connectivity index (χ4v) is 1.77. The van der Waals surface area contributed by atoms with Crippen LogP contribution in [-0.4, -0.2) is 29.2 Å². The highest BCUT2D eigenvalue weighted by Gasteiger charge is 2.25. The smallest absolute Gasteiger partial charge is 0.222 e. The maximum absolute atomic E-state index is 11.5. The predicted octanol–water partition coefficient (Wildman–Crippen LogP) is 2.42. The first-order chi connectivity index (χ1) is 6.05. The summed E-state index contributed by atoms with van der Waals surface area (Å²) in [4.78, 5) is 13.5. The first-order valence-electron chi connectivity index (χ1n) is 4.89. The Hall–Kier alpha value is -0.0500. The summed E-state index contributed by atoms with van der Waals surface area (Å²) in [6.07, 6.45) is 2.99. The third kappa shape index (κ3) is 3.29. The summed E-state index contributed by atoms with van der Waals surface area (Å²) in [5.41, 5.74) is 0.201. The van der Waals surface area contributed by atoms with Crippen LogP contribution in [0.5, 0.6) is 0 Å². The van der Waals surface area contributed by atoms with Crippen molar-refractivity contribution in [2.45, 2.75) is 33.1 Å². The summed E-state index contributed by atoms with van der Waals surface area (Å²) in [6, 6.07) is 0. The molecular weight excluding hydrogens is 230 g/mol. The van der Waals surface area contributed by atoms with Gasteiger partial charge in [-0.2, -0.15) is 0 Å². The Morgan fingerprint density at radius 3 is 2.69 bits per heavy atom. The minimum atomic E-state index is 0.201. The monoisotopic (exact) mass is 247 g/mol. The molecule has 0 atom stereocenters. The van der Waals surface area contributed by atoms with Gasteiger partial charge in [-0.25, -0.2) is 0 Å². The molecule has 0 saturated carbocycles. The van der Waals surface area contributed by atoms with Crippen LogP contribution < -0.4 is 0 Å². The van der Waals surface area contributed by atoms with Gasteiger partial charge in [-0.3, -0.25) is 4.79 Å². The largest absolute Gasteiger partial charge is 0.342 e. The summed E-state index contributed by atoms with van der Waals surface area (Å²) in [5.74, 6) is 0.334. The first-order valence-corrected chi connectivity index (χ1v) is 6.01. The number of rotatable bonds is 3. The van der Waals surface area contributed by atoms with E-state index in [1.807, 2.05) is 4.90 Å². The number of likely N-dealkylation sites (tertiary alicyclic amines) is 1. The molecule has 1 amide bonds. The molecule has 0 unspecified atom stereocenters. The number of nitrogens with zero attached hydrogens (tertiary/aromatic N) is 1. The van der Waals surface area contributed by atoms with Crippen molar-refractivity contribution in [1.29, 1.82) is 0 Å². The minimum Gasteiger partial charge on any atom is -0.342 e. The number of carbonyl (C=O) groups excluding carboxylic acids is 1. The first kappa shape index (κ1) is 11.0. The lowest BCUT2D eigenvalue weighted by atomic mass is 9.94. The topological polar surface area (TPSA) is 20.3 Å². The summed E-state index contributed by atoms with van der Waals surface area (Å²) < 4.78 is 0. The van der Waals surface area contributed by atoms with Crippen molar-refractivity contribution in [1.82, 2.24) is 4.90 Å². The predicted molar refractivity (Wildman–Crippen MR) is 58.0 cm³/mol. The molecule has 0 aromatic rings. The van der Waals surface area contributed by atoms with E-state index < -0.39 is 0 Å². The average molecular weight is 248 g/mol. The van der Waals surface area contributed by atoms with E-state index in [9.17, 15) is 4.79 Å². The van der Waals surface area contributed by atoms with Gasteiger partial charge in [-0.1, -0.05) is 29.8 Å². The Labute approximate surface area is 88.8 Å². The second-order valence-corrected chi connectivity index (χ2v) is 5.13. The number of carbonyl (C=O) groups is 1. The van der Waals surface area contributed by atoms with E-state index in [1.165, 1.54) is 6.42 Å². The maximum atomic E-state index is 11.5. The number of piperidine rings is 1. The van der Waals surface area contributed by atoms with Gasteiger partial charge in [-0.05, 0) is 18.3 Å². The zero-order chi connectivity index (χ0) is 9.90. The summed E-state index contributed by atoms with van der Waals surface area (Å²) in [7, 11) is 0. The molecule has 0 aliphatic carbocycles. The van der Waals surface area contributed by atoms with Gasteiger partial charge in [0.25, 0.3) is 0 Å². The Morgan fingerprint density at radius 2 is 2.15 bits per heavy atom. The Morgan fingerprint density at radius 1 is 1.46 bits per heavy atom. The molecular formula is C10H18BrNO. The fraction of sp³-hybridized carbons (Fsp3) is 0.900. The van der Waals surface area contributed by atoms with Gasteiger partial charge in [0.2, 0.25) is 5.91 Å². The molecule has 0 bridgehead atoms. The molecule has 1 rings (SSSR count). The number of hydrogen-bond acceptors (Lipinski definition) is 1. The van der Waals surface area contributed by atoms with Crippen molar-refractivity contribution in [3.8, 4) is 0 Å². The number of hydrogen-bond donors (Lipinski definition) is 0. The second kappa shape index (κ2) is 4.45. The van der Waals surface area contributed by atoms with Crippen LogP contribution in [0.2, 0.25) is 0 Å². The molecule has 1 fully saturated rings. The zero-order valence-electron chi connectivity index (χ0n) is 8.48. The number of alkyl halides is 1. The lowest BCUT2D eigenvalue weighted by molar-refractivity contribution is -0.134. The zero-order valence-corrected chi connectivity index (χ0v) is 10.1. The van der Waals surface area contributed by atoms with Crippen LogP contribution in [-0.2, 0) is 4.79 Å². The van der Waals surface area contributed by atoms with E-state index in [-0.39, 0.29) is 5.41 Å². The van der Waals surface area contributed by atoms with Crippen LogP contribution in [0.1, 0.15) is 33.1 Å². The van der Waals surface area contributed by atoms with Crippen molar-refractivity contribution < 1.29 is 4.79 Å². The van der Waals surface area contributed by atoms with Crippen molar-refractivity contribution in [3.05, 3.63) is 0 Å². The molecule has 1 saturated heterocycles. The van der Waals surface area contributed by atoms with Gasteiger partial charge in [0, 0.05) is 24.8 Å². The van der Waals surface area contributed by atoms with Crippen LogP contribution >= 0.6 is 15.9 Å². The summed E-state index contributed by atoms with van der Waals surface area (Å²) in [6.45, 7) is 6.21. The van der Waals surface area contributed by atoms with Gasteiger partial charge in [0.15, 0.2) is 0 Å². The Bertz CT molecular complexity index is 191. The van der Waals surface area contributed by atoms with E-state index in [4.69, 9.17) is 0 Å². The molecule has 1 aliphatic rings. The third-order valence-electron chi connectivity index (χ3n) is 2.40. The van der Waals surface area contributed by atoms with Gasteiger partial charge in [0.1, 0.15) is 0 Å². The molecule has 0 aromatic heterocycles. The van der Waals surface area contributed by atoms with Crippen molar-refractivity contribution in [2.75, 3.05) is 18.4 Å². The maximum Gasteiger partial charge on any atom is 0.222 e. The van der Waals surface area contributed by atoms with Crippen molar-refractivity contribution in [2.24, 2.45) is 5.41 Å². The molecule has 1 aliphatic heterocycles. The molecule has 0 N–H and O–H groups in total. The van der Waals surface area contributed by atoms with Crippen LogP contribution in [0.25, 0.3) is 0 Å². The van der Waals surface area contributed by atoms with Crippen LogP contribution in [0.3, 0.4) is 0 Å². The molecule has 76 valence electrons. The van der Waals surface area contributed by atoms with Crippen LogP contribution in [0.15, 0.2) is 0 Å². The fourth-order valence-electron chi connectivity index (χ4n) is 1.59. The summed E-state index contributed by atoms with van der Waals surface area (Å²) >= 11 is 3.48. The highest BCUT2D eigenvalue weighted by molar-refractivity contribution is 9.09. The molecule has 0 aromatic carbocycles. The van der Waals surface area contributed by atoms with Crippen molar-refractivity contribution >= 4 is 21.8 Å². The lowest BCUT2D eigenvalue weighted by Crippen LogP contribution is -2.42. The molecule has 1 heterocycles. The highest BCUT2D eigenvalue weighted by atomic mass is 79.9. The second-order valence-electron chi connectivity index (χ2n) is 4.57. The number of amides is 1. The van der Waals surface area contributed by atoms with Crippen LogP contribution in [0.4, 0.5) is 0 Å². The standard InChI is InChI=1S/C10H18BrNO/c1-10(2,7-11)8-12-6-4-3-5-9(12)13/h3-8H2,1-2H3. The van der Waals surface area contributed by atoms with Gasteiger partial charge in [-0.15, -0.1) is 0 Å². The summed E-state index contributed by atoms with van der Waals surface area (Å²) in [5, 5.41) is 0.948. The molecule has 0 spiro atoms. The molecule has 13 heavy (non-hydrogen) atoms. The van der Waals surface area contributed by atoms with Gasteiger partial charge < -0.3 is 4.90 Å². The normalized spacial score (nSPS) is 19.3. The molecule has 2 nitrogen and oxygen atoms in total. The van der Waals surface area contributed by atoms with E-state index >= 15 is 0 Å². The van der Waals surface area contributed by atoms with Crippen molar-refractivity contribution in [3.63, 3.8) is 0 Å². The number of halogens is 1. The highest BCUT2D eigenvalue weighted by Crippen LogP contribution is 2.22. The Kier molecular flexibility index (Phi) is 3.77. The Balaban J connectivity index is 2.47.